The van der Waals surface area contributed by atoms with Crippen LogP contribution in [0.3, 0.4) is 0 Å². The lowest BCUT2D eigenvalue weighted by molar-refractivity contribution is -0.142. The molecule has 0 aromatic rings. The van der Waals surface area contributed by atoms with Crippen LogP contribution in [0.5, 0.6) is 0 Å². The number of amides is 3. The maximum Gasteiger partial charge on any atom is 0.254 e. The maximum absolute atomic E-state index is 12.3. The standard InChI is InChI=1S/C14H16N2O3.C3H8.C2H6/c1-3-5-9-8-16(14(19)10(9)4-2)11-6-7-12(17)15-13(11)18;1-3-2;1-2/h3-5,11H,1,6-8H2,2H3,(H,15,17,18);3H2,1-2H3;1-2H3/b9-5-,10-4+;;. The van der Waals surface area contributed by atoms with E-state index in [9.17, 15) is 14.4 Å². The summed E-state index contributed by atoms with van der Waals surface area (Å²) in [5, 5.41) is 2.28. The molecule has 2 aliphatic heterocycles. The van der Waals surface area contributed by atoms with Crippen LogP contribution in [0.2, 0.25) is 0 Å². The molecule has 0 aliphatic carbocycles. The number of allylic oxidation sites excluding steroid dienone is 3. The molecule has 2 heterocycles. The predicted molar refractivity (Wildman–Crippen MR) is 97.2 cm³/mol. The molecule has 0 spiro atoms. The number of nitrogens with one attached hydrogen (secondary N) is 1. The topological polar surface area (TPSA) is 66.5 Å². The van der Waals surface area contributed by atoms with Crippen LogP contribution in [-0.2, 0) is 14.4 Å². The Balaban J connectivity index is 0.000000952. The third-order valence-electron chi connectivity index (χ3n) is 3.37. The second kappa shape index (κ2) is 11.4. The van der Waals surface area contributed by atoms with Gasteiger partial charge in [-0.15, -0.1) is 0 Å². The molecule has 0 aromatic heterocycles. The van der Waals surface area contributed by atoms with E-state index in [2.05, 4.69) is 25.7 Å². The highest BCUT2D eigenvalue weighted by molar-refractivity contribution is 6.06. The zero-order valence-electron chi connectivity index (χ0n) is 15.5. The lowest BCUT2D eigenvalue weighted by Crippen LogP contribution is -2.52. The van der Waals surface area contributed by atoms with Crippen molar-refractivity contribution in [3.8, 4) is 0 Å². The Morgan fingerprint density at radius 1 is 1.25 bits per heavy atom. The van der Waals surface area contributed by atoms with Gasteiger partial charge in [0.2, 0.25) is 11.8 Å². The van der Waals surface area contributed by atoms with Gasteiger partial charge in [0.15, 0.2) is 0 Å². The average Bonchev–Trinajstić information content (AvgIpc) is 2.86. The molecule has 0 saturated carbocycles. The smallest absolute Gasteiger partial charge is 0.254 e. The van der Waals surface area contributed by atoms with E-state index in [1.54, 1.807) is 25.2 Å². The van der Waals surface area contributed by atoms with Crippen LogP contribution in [0.4, 0.5) is 0 Å². The Labute approximate surface area is 145 Å². The summed E-state index contributed by atoms with van der Waals surface area (Å²) in [5.74, 6) is -0.828. The third-order valence-corrected chi connectivity index (χ3v) is 3.37. The van der Waals surface area contributed by atoms with Gasteiger partial charge in [0.25, 0.3) is 5.91 Å². The van der Waals surface area contributed by atoms with Crippen LogP contribution in [-0.4, -0.2) is 35.2 Å². The molecule has 2 aliphatic rings. The minimum absolute atomic E-state index is 0.162. The summed E-state index contributed by atoms with van der Waals surface area (Å²) in [5.41, 5.74) is 1.46. The molecule has 2 fully saturated rings. The Kier molecular flexibility index (Phi) is 10.3. The highest BCUT2D eigenvalue weighted by Gasteiger charge is 2.40. The molecule has 5 nitrogen and oxygen atoms in total. The molecule has 0 bridgehead atoms. The summed E-state index contributed by atoms with van der Waals surface area (Å²) in [6.07, 6.45) is 7.05. The summed E-state index contributed by atoms with van der Waals surface area (Å²) in [6, 6.07) is -0.559. The fourth-order valence-corrected chi connectivity index (χ4v) is 2.46. The molecule has 0 aromatic carbocycles. The van der Waals surface area contributed by atoms with Crippen molar-refractivity contribution in [1.29, 1.82) is 0 Å². The van der Waals surface area contributed by atoms with Gasteiger partial charge >= 0.3 is 0 Å². The third kappa shape index (κ3) is 5.48. The molecule has 5 heteroatoms. The number of rotatable bonds is 2. The number of piperidine rings is 1. The second-order valence-electron chi connectivity index (χ2n) is 5.24. The van der Waals surface area contributed by atoms with Gasteiger partial charge in [-0.1, -0.05) is 58.9 Å². The van der Waals surface area contributed by atoms with E-state index in [0.29, 0.717) is 18.5 Å². The fraction of sp³-hybridized carbons (Fsp3) is 0.526. The molecule has 134 valence electrons. The number of hydrogen-bond acceptors (Lipinski definition) is 3. The van der Waals surface area contributed by atoms with Gasteiger partial charge in [-0.25, -0.2) is 0 Å². The highest BCUT2D eigenvalue weighted by atomic mass is 16.2. The van der Waals surface area contributed by atoms with E-state index in [1.165, 1.54) is 11.3 Å². The molecular formula is C19H30N2O3. The molecule has 0 radical (unpaired) electrons. The number of imide groups is 1. The van der Waals surface area contributed by atoms with Crippen molar-refractivity contribution in [2.75, 3.05) is 6.54 Å². The van der Waals surface area contributed by atoms with Crippen LogP contribution >= 0.6 is 0 Å². The summed E-state index contributed by atoms with van der Waals surface area (Å²) >= 11 is 0. The lowest BCUT2D eigenvalue weighted by Gasteiger charge is -2.28. The van der Waals surface area contributed by atoms with Crippen molar-refractivity contribution in [1.82, 2.24) is 10.2 Å². The van der Waals surface area contributed by atoms with Crippen LogP contribution in [0, 0.1) is 0 Å². The van der Waals surface area contributed by atoms with E-state index in [-0.39, 0.29) is 24.1 Å². The van der Waals surface area contributed by atoms with Gasteiger partial charge in [-0.2, -0.15) is 0 Å². The molecule has 3 amide bonds. The van der Waals surface area contributed by atoms with E-state index in [4.69, 9.17) is 0 Å². The van der Waals surface area contributed by atoms with Crippen molar-refractivity contribution in [2.24, 2.45) is 0 Å². The Morgan fingerprint density at radius 2 is 1.83 bits per heavy atom. The maximum atomic E-state index is 12.3. The van der Waals surface area contributed by atoms with E-state index >= 15 is 0 Å². The van der Waals surface area contributed by atoms with Crippen molar-refractivity contribution >= 4 is 17.7 Å². The van der Waals surface area contributed by atoms with Gasteiger partial charge < -0.3 is 4.90 Å². The average molecular weight is 334 g/mol. The Morgan fingerprint density at radius 3 is 2.29 bits per heavy atom. The summed E-state index contributed by atoms with van der Waals surface area (Å²) < 4.78 is 0. The van der Waals surface area contributed by atoms with Gasteiger partial charge in [-0.3, -0.25) is 19.7 Å². The molecule has 2 rings (SSSR count). The molecule has 1 N–H and O–H groups in total. The molecule has 24 heavy (non-hydrogen) atoms. The molecule has 2 saturated heterocycles. The van der Waals surface area contributed by atoms with Crippen LogP contribution in [0.25, 0.3) is 0 Å². The Bertz CT molecular complexity index is 533. The lowest BCUT2D eigenvalue weighted by atomic mass is 10.0. The van der Waals surface area contributed by atoms with Crippen LogP contribution < -0.4 is 5.32 Å². The molecular weight excluding hydrogens is 304 g/mol. The number of hydrogen-bond donors (Lipinski definition) is 1. The number of nitrogens with zero attached hydrogens (tertiary/aromatic N) is 1. The minimum Gasteiger partial charge on any atom is -0.322 e. The number of carbonyl (C=O) groups is 3. The first-order chi connectivity index (χ1) is 11.5. The fourth-order valence-electron chi connectivity index (χ4n) is 2.46. The summed E-state index contributed by atoms with van der Waals surface area (Å²) in [7, 11) is 0. The van der Waals surface area contributed by atoms with Crippen molar-refractivity contribution < 1.29 is 14.4 Å². The first-order valence-corrected chi connectivity index (χ1v) is 8.62. The van der Waals surface area contributed by atoms with Crippen molar-refractivity contribution in [3.63, 3.8) is 0 Å². The zero-order chi connectivity index (χ0) is 18.7. The summed E-state index contributed by atoms with van der Waals surface area (Å²) in [4.78, 5) is 36.7. The minimum atomic E-state index is -0.559. The van der Waals surface area contributed by atoms with Gasteiger partial charge in [0.05, 0.1) is 0 Å². The van der Waals surface area contributed by atoms with Crippen LogP contribution in [0.1, 0.15) is 53.9 Å². The quantitative estimate of drug-likeness (QED) is 0.623. The largest absolute Gasteiger partial charge is 0.322 e. The monoisotopic (exact) mass is 334 g/mol. The van der Waals surface area contributed by atoms with E-state index in [0.717, 1.165) is 5.57 Å². The SMILES string of the molecule is C=C/C=C1/CN(C2CCC(=O)NC2=O)C(=O)/C1=C/C.CC.CCC. The van der Waals surface area contributed by atoms with Crippen molar-refractivity contribution in [3.05, 3.63) is 36.0 Å². The predicted octanol–water partition coefficient (Wildman–Crippen LogP) is 3.14. The zero-order valence-corrected chi connectivity index (χ0v) is 15.5. The van der Waals surface area contributed by atoms with E-state index < -0.39 is 6.04 Å². The highest BCUT2D eigenvalue weighted by Crippen LogP contribution is 2.27. The van der Waals surface area contributed by atoms with Gasteiger partial charge in [0, 0.05) is 18.5 Å². The first kappa shape index (κ1) is 21.8. The van der Waals surface area contributed by atoms with Crippen LogP contribution in [0.15, 0.2) is 36.0 Å². The molecule has 1 unspecified atom stereocenters. The summed E-state index contributed by atoms with van der Waals surface area (Å²) in [6.45, 7) is 14.0. The Hall–Kier alpha value is -2.17. The van der Waals surface area contributed by atoms with Gasteiger partial charge in [0.1, 0.15) is 6.04 Å². The van der Waals surface area contributed by atoms with Crippen molar-refractivity contribution in [2.45, 2.75) is 59.9 Å². The number of carbonyl (C=O) groups excluding carboxylic acids is 3. The molecule has 1 atom stereocenters. The normalized spacial score (nSPS) is 23.3. The second-order valence-corrected chi connectivity index (χ2v) is 5.24. The van der Waals surface area contributed by atoms with E-state index in [1.807, 2.05) is 13.8 Å². The first-order valence-electron chi connectivity index (χ1n) is 8.62. The van der Waals surface area contributed by atoms with Gasteiger partial charge in [-0.05, 0) is 18.9 Å². The number of likely N-dealkylation sites (tertiary alicyclic amines) is 1.